The van der Waals surface area contributed by atoms with Crippen LogP contribution >= 0.6 is 0 Å². The molecule has 0 aromatic carbocycles. The standard InChI is InChI=1S/C12H20N2O2/c1-8-6-7-10(16-8)9(2)13-11(15)14-12(3,4)5/h6-7,9H,1-5H3,(H2,13,14,15). The van der Waals surface area contributed by atoms with Gasteiger partial charge in [0, 0.05) is 5.54 Å². The fraction of sp³-hybridized carbons (Fsp3) is 0.583. The van der Waals surface area contributed by atoms with E-state index in [-0.39, 0.29) is 17.6 Å². The Labute approximate surface area is 96.4 Å². The number of rotatable bonds is 2. The van der Waals surface area contributed by atoms with Crippen molar-refractivity contribution >= 4 is 6.03 Å². The van der Waals surface area contributed by atoms with Crippen LogP contribution in [0.3, 0.4) is 0 Å². The molecule has 0 spiro atoms. The first-order valence-corrected chi connectivity index (χ1v) is 5.43. The van der Waals surface area contributed by atoms with Crippen molar-refractivity contribution in [1.82, 2.24) is 10.6 Å². The van der Waals surface area contributed by atoms with Gasteiger partial charge in [-0.2, -0.15) is 0 Å². The highest BCUT2D eigenvalue weighted by molar-refractivity contribution is 5.75. The van der Waals surface area contributed by atoms with Crippen molar-refractivity contribution in [2.75, 3.05) is 0 Å². The topological polar surface area (TPSA) is 54.3 Å². The van der Waals surface area contributed by atoms with Crippen LogP contribution in [-0.2, 0) is 0 Å². The minimum Gasteiger partial charge on any atom is -0.464 e. The van der Waals surface area contributed by atoms with E-state index < -0.39 is 0 Å². The summed E-state index contributed by atoms with van der Waals surface area (Å²) in [5.41, 5.74) is -0.233. The molecule has 2 amide bonds. The van der Waals surface area contributed by atoms with Gasteiger partial charge in [0.25, 0.3) is 0 Å². The monoisotopic (exact) mass is 224 g/mol. The molecule has 0 saturated carbocycles. The van der Waals surface area contributed by atoms with E-state index in [1.54, 1.807) is 0 Å². The van der Waals surface area contributed by atoms with E-state index in [1.807, 2.05) is 46.8 Å². The molecule has 1 aromatic rings. The second kappa shape index (κ2) is 4.60. The van der Waals surface area contributed by atoms with Crippen molar-refractivity contribution in [3.63, 3.8) is 0 Å². The Morgan fingerprint density at radius 2 is 2.00 bits per heavy atom. The van der Waals surface area contributed by atoms with Gasteiger partial charge < -0.3 is 15.1 Å². The highest BCUT2D eigenvalue weighted by Crippen LogP contribution is 2.15. The number of hydrogen-bond acceptors (Lipinski definition) is 2. The number of carbonyl (C=O) groups excluding carboxylic acids is 1. The van der Waals surface area contributed by atoms with Crippen LogP contribution in [0.2, 0.25) is 0 Å². The van der Waals surface area contributed by atoms with Crippen LogP contribution < -0.4 is 10.6 Å². The fourth-order valence-corrected chi connectivity index (χ4v) is 1.33. The van der Waals surface area contributed by atoms with Gasteiger partial charge >= 0.3 is 6.03 Å². The molecule has 0 aliphatic heterocycles. The Hall–Kier alpha value is -1.45. The molecule has 2 N–H and O–H groups in total. The largest absolute Gasteiger partial charge is 0.464 e. The van der Waals surface area contributed by atoms with Crippen molar-refractivity contribution in [2.24, 2.45) is 0 Å². The Morgan fingerprint density at radius 1 is 1.38 bits per heavy atom. The average molecular weight is 224 g/mol. The maximum Gasteiger partial charge on any atom is 0.315 e. The first-order valence-electron chi connectivity index (χ1n) is 5.43. The Balaban J connectivity index is 2.52. The number of furan rings is 1. The molecular weight excluding hydrogens is 204 g/mol. The summed E-state index contributed by atoms with van der Waals surface area (Å²) in [5.74, 6) is 1.61. The third kappa shape index (κ3) is 3.96. The van der Waals surface area contributed by atoms with Crippen LogP contribution in [0.25, 0.3) is 0 Å². The summed E-state index contributed by atoms with van der Waals surface area (Å²) in [4.78, 5) is 11.6. The number of urea groups is 1. The van der Waals surface area contributed by atoms with E-state index in [4.69, 9.17) is 4.42 Å². The molecular formula is C12H20N2O2. The summed E-state index contributed by atoms with van der Waals surface area (Å²) in [6.45, 7) is 9.59. The van der Waals surface area contributed by atoms with Crippen LogP contribution in [0.15, 0.2) is 16.5 Å². The van der Waals surface area contributed by atoms with Gasteiger partial charge in [0.2, 0.25) is 0 Å². The maximum atomic E-state index is 11.6. The van der Waals surface area contributed by atoms with Crippen LogP contribution in [0.5, 0.6) is 0 Å². The van der Waals surface area contributed by atoms with E-state index in [0.29, 0.717) is 0 Å². The molecule has 0 saturated heterocycles. The number of carbonyl (C=O) groups is 1. The molecule has 1 aromatic heterocycles. The number of nitrogens with one attached hydrogen (secondary N) is 2. The van der Waals surface area contributed by atoms with E-state index >= 15 is 0 Å². The van der Waals surface area contributed by atoms with Crippen molar-refractivity contribution < 1.29 is 9.21 Å². The SMILES string of the molecule is Cc1ccc(C(C)NC(=O)NC(C)(C)C)o1. The molecule has 1 unspecified atom stereocenters. The molecule has 1 atom stereocenters. The van der Waals surface area contributed by atoms with Gasteiger partial charge in [-0.15, -0.1) is 0 Å². The smallest absolute Gasteiger partial charge is 0.315 e. The van der Waals surface area contributed by atoms with E-state index in [9.17, 15) is 4.79 Å². The molecule has 90 valence electrons. The average Bonchev–Trinajstić information content (AvgIpc) is 2.47. The molecule has 4 heteroatoms. The molecule has 0 aliphatic rings. The summed E-state index contributed by atoms with van der Waals surface area (Å²) in [6, 6.07) is 3.44. The Bertz CT molecular complexity index is 363. The van der Waals surface area contributed by atoms with E-state index in [1.165, 1.54) is 0 Å². The first-order chi connectivity index (χ1) is 7.28. The highest BCUT2D eigenvalue weighted by Gasteiger charge is 2.17. The molecule has 1 rings (SSSR count). The zero-order valence-corrected chi connectivity index (χ0v) is 10.5. The second-order valence-electron chi connectivity index (χ2n) is 5.02. The highest BCUT2D eigenvalue weighted by atomic mass is 16.3. The van der Waals surface area contributed by atoms with Crippen molar-refractivity contribution in [1.29, 1.82) is 0 Å². The molecule has 0 bridgehead atoms. The van der Waals surface area contributed by atoms with Crippen molar-refractivity contribution in [3.8, 4) is 0 Å². The van der Waals surface area contributed by atoms with Crippen molar-refractivity contribution in [3.05, 3.63) is 23.7 Å². The molecule has 0 fully saturated rings. The molecule has 0 aliphatic carbocycles. The third-order valence-corrected chi connectivity index (χ3v) is 2.02. The summed E-state index contributed by atoms with van der Waals surface area (Å²) in [5, 5.41) is 5.66. The molecule has 0 radical (unpaired) electrons. The van der Waals surface area contributed by atoms with Gasteiger partial charge in [-0.3, -0.25) is 0 Å². The van der Waals surface area contributed by atoms with Gasteiger partial charge in [-0.25, -0.2) is 4.79 Å². The van der Waals surface area contributed by atoms with Gasteiger partial charge in [0.15, 0.2) is 0 Å². The predicted octanol–water partition coefficient (Wildman–Crippen LogP) is 2.75. The third-order valence-electron chi connectivity index (χ3n) is 2.02. The summed E-state index contributed by atoms with van der Waals surface area (Å²) in [6.07, 6.45) is 0. The second-order valence-corrected chi connectivity index (χ2v) is 5.02. The number of amides is 2. The summed E-state index contributed by atoms with van der Waals surface area (Å²) >= 11 is 0. The minimum absolute atomic E-state index is 0.129. The van der Waals surface area contributed by atoms with Crippen molar-refractivity contribution in [2.45, 2.75) is 46.2 Å². The Morgan fingerprint density at radius 3 is 2.44 bits per heavy atom. The molecule has 16 heavy (non-hydrogen) atoms. The predicted molar refractivity (Wildman–Crippen MR) is 63.3 cm³/mol. The van der Waals surface area contributed by atoms with Crippen LogP contribution in [-0.4, -0.2) is 11.6 Å². The quantitative estimate of drug-likeness (QED) is 0.811. The molecule has 1 heterocycles. The van der Waals surface area contributed by atoms with E-state index in [0.717, 1.165) is 11.5 Å². The zero-order valence-electron chi connectivity index (χ0n) is 10.5. The summed E-state index contributed by atoms with van der Waals surface area (Å²) in [7, 11) is 0. The first kappa shape index (κ1) is 12.6. The Kier molecular flexibility index (Phi) is 3.62. The normalized spacial score (nSPS) is 13.3. The number of aryl methyl sites for hydroxylation is 1. The zero-order chi connectivity index (χ0) is 12.3. The van der Waals surface area contributed by atoms with E-state index in [2.05, 4.69) is 10.6 Å². The van der Waals surface area contributed by atoms with Gasteiger partial charge in [0.1, 0.15) is 11.5 Å². The lowest BCUT2D eigenvalue weighted by atomic mass is 10.1. The van der Waals surface area contributed by atoms with Gasteiger partial charge in [-0.1, -0.05) is 0 Å². The van der Waals surface area contributed by atoms with Crippen LogP contribution in [0, 0.1) is 6.92 Å². The minimum atomic E-state index is -0.233. The molecule has 4 nitrogen and oxygen atoms in total. The number of hydrogen-bond donors (Lipinski definition) is 2. The lowest BCUT2D eigenvalue weighted by Crippen LogP contribution is -2.46. The van der Waals surface area contributed by atoms with Crippen LogP contribution in [0.4, 0.5) is 4.79 Å². The lowest BCUT2D eigenvalue weighted by Gasteiger charge is -2.22. The fourth-order valence-electron chi connectivity index (χ4n) is 1.33. The summed E-state index contributed by atoms with van der Waals surface area (Å²) < 4.78 is 5.43. The van der Waals surface area contributed by atoms with Gasteiger partial charge in [-0.05, 0) is 46.8 Å². The maximum absolute atomic E-state index is 11.6. The lowest BCUT2D eigenvalue weighted by molar-refractivity contribution is 0.227. The van der Waals surface area contributed by atoms with Crippen LogP contribution in [0.1, 0.15) is 45.3 Å². The van der Waals surface area contributed by atoms with Gasteiger partial charge in [0.05, 0.1) is 6.04 Å².